The van der Waals surface area contributed by atoms with E-state index >= 15 is 0 Å². The van der Waals surface area contributed by atoms with Gasteiger partial charge in [0.05, 0.1) is 0 Å². The summed E-state index contributed by atoms with van der Waals surface area (Å²) in [6.07, 6.45) is 1.24. The number of rotatable bonds is 2. The summed E-state index contributed by atoms with van der Waals surface area (Å²) >= 11 is 2.09. The van der Waals surface area contributed by atoms with Gasteiger partial charge in [-0.15, -0.1) is 0 Å². The van der Waals surface area contributed by atoms with E-state index in [0.717, 1.165) is 13.1 Å². The van der Waals surface area contributed by atoms with Crippen LogP contribution in [-0.4, -0.2) is 23.6 Å². The average molecular weight is 264 g/mol. The van der Waals surface area contributed by atoms with E-state index in [0.29, 0.717) is 4.75 Å². The number of hydrogen-bond acceptors (Lipinski definition) is 3. The normalized spacial score (nSPS) is 21.4. The number of nitrogens with zero attached hydrogens (tertiary/aromatic N) is 1. The summed E-state index contributed by atoms with van der Waals surface area (Å²) in [5.41, 5.74) is 8.43. The highest BCUT2D eigenvalue weighted by Gasteiger charge is 2.23. The minimum absolute atomic E-state index is 0.123. The molecule has 100 valence electrons. The second kappa shape index (κ2) is 5.54. The number of nitrogens with two attached hydrogens (primary N) is 1. The van der Waals surface area contributed by atoms with E-state index in [2.05, 4.69) is 54.8 Å². The standard InChI is InChI=1S/C15H24N2S/c1-12(16)13-4-6-14(7-5-13)17-9-8-15(2,3)18-11-10-17/h4-7,12H,8-11,16H2,1-3H3/t12-/m0/s1. The van der Waals surface area contributed by atoms with Gasteiger partial charge in [0, 0.05) is 35.3 Å². The Balaban J connectivity index is 2.07. The third kappa shape index (κ3) is 3.42. The number of hydrogen-bond donors (Lipinski definition) is 1. The molecule has 3 heteroatoms. The molecule has 0 radical (unpaired) electrons. The molecule has 0 bridgehead atoms. The van der Waals surface area contributed by atoms with Crippen molar-refractivity contribution in [3.63, 3.8) is 0 Å². The Labute approximate surface area is 115 Å². The molecule has 1 saturated heterocycles. The molecule has 0 aromatic heterocycles. The Bertz CT molecular complexity index is 384. The summed E-state index contributed by atoms with van der Waals surface area (Å²) in [5.74, 6) is 1.21. The summed E-state index contributed by atoms with van der Waals surface area (Å²) in [5, 5.41) is 0. The van der Waals surface area contributed by atoms with E-state index in [9.17, 15) is 0 Å². The lowest BCUT2D eigenvalue weighted by Gasteiger charge is -2.24. The van der Waals surface area contributed by atoms with Gasteiger partial charge in [0.2, 0.25) is 0 Å². The van der Waals surface area contributed by atoms with Gasteiger partial charge in [0.25, 0.3) is 0 Å². The van der Waals surface area contributed by atoms with Crippen molar-refractivity contribution in [1.82, 2.24) is 0 Å². The molecule has 1 aromatic rings. The van der Waals surface area contributed by atoms with Gasteiger partial charge in [0.15, 0.2) is 0 Å². The predicted octanol–water partition coefficient (Wildman–Crippen LogP) is 3.43. The van der Waals surface area contributed by atoms with Gasteiger partial charge < -0.3 is 10.6 Å². The van der Waals surface area contributed by atoms with Gasteiger partial charge >= 0.3 is 0 Å². The fourth-order valence-corrected chi connectivity index (χ4v) is 3.37. The summed E-state index contributed by atoms with van der Waals surface area (Å²) in [4.78, 5) is 2.49. The maximum absolute atomic E-state index is 5.89. The molecular weight excluding hydrogens is 240 g/mol. The van der Waals surface area contributed by atoms with Gasteiger partial charge in [-0.3, -0.25) is 0 Å². The summed E-state index contributed by atoms with van der Waals surface area (Å²) in [7, 11) is 0. The van der Waals surface area contributed by atoms with Crippen LogP contribution in [0, 0.1) is 0 Å². The Kier molecular flexibility index (Phi) is 4.23. The number of anilines is 1. The van der Waals surface area contributed by atoms with Crippen molar-refractivity contribution in [3.05, 3.63) is 29.8 Å². The van der Waals surface area contributed by atoms with Crippen LogP contribution in [0.1, 0.15) is 38.8 Å². The van der Waals surface area contributed by atoms with Crippen molar-refractivity contribution in [3.8, 4) is 0 Å². The first-order valence-corrected chi connectivity index (χ1v) is 7.71. The van der Waals surface area contributed by atoms with Crippen LogP contribution in [0.15, 0.2) is 24.3 Å². The smallest absolute Gasteiger partial charge is 0.0366 e. The SMILES string of the molecule is C[C@H](N)c1ccc(N2CCSC(C)(C)CC2)cc1. The highest BCUT2D eigenvalue weighted by atomic mass is 32.2. The molecule has 2 N–H and O–H groups in total. The zero-order valence-electron chi connectivity index (χ0n) is 11.6. The van der Waals surface area contributed by atoms with E-state index in [1.165, 1.54) is 23.4 Å². The molecule has 18 heavy (non-hydrogen) atoms. The van der Waals surface area contributed by atoms with E-state index < -0.39 is 0 Å². The molecule has 2 rings (SSSR count). The van der Waals surface area contributed by atoms with Crippen LogP contribution in [0.5, 0.6) is 0 Å². The van der Waals surface area contributed by atoms with Crippen molar-refractivity contribution in [2.75, 3.05) is 23.7 Å². The van der Waals surface area contributed by atoms with Crippen LogP contribution < -0.4 is 10.6 Å². The highest BCUT2D eigenvalue weighted by molar-refractivity contribution is 8.00. The minimum Gasteiger partial charge on any atom is -0.371 e. The lowest BCUT2D eigenvalue weighted by atomic mass is 10.1. The molecule has 0 spiro atoms. The molecule has 1 aliphatic rings. The zero-order chi connectivity index (χ0) is 13.2. The molecule has 0 aliphatic carbocycles. The molecular formula is C15H24N2S. The van der Waals surface area contributed by atoms with Crippen LogP contribution in [0.25, 0.3) is 0 Å². The number of benzene rings is 1. The first-order chi connectivity index (χ1) is 8.48. The zero-order valence-corrected chi connectivity index (χ0v) is 12.5. The van der Waals surface area contributed by atoms with Crippen LogP contribution >= 0.6 is 11.8 Å². The average Bonchev–Trinajstić information content (AvgIpc) is 2.50. The second-order valence-electron chi connectivity index (χ2n) is 5.73. The molecule has 1 aliphatic heterocycles. The minimum atomic E-state index is 0.123. The van der Waals surface area contributed by atoms with Gasteiger partial charge in [-0.2, -0.15) is 11.8 Å². The molecule has 1 heterocycles. The quantitative estimate of drug-likeness (QED) is 0.887. The molecule has 1 fully saturated rings. The van der Waals surface area contributed by atoms with Gasteiger partial charge in [-0.25, -0.2) is 0 Å². The molecule has 1 aromatic carbocycles. The second-order valence-corrected chi connectivity index (χ2v) is 7.53. The number of thioether (sulfide) groups is 1. The summed E-state index contributed by atoms with van der Waals surface area (Å²) < 4.78 is 0.417. The topological polar surface area (TPSA) is 29.3 Å². The molecule has 0 saturated carbocycles. The molecule has 0 unspecified atom stereocenters. The van der Waals surface area contributed by atoms with E-state index in [1.54, 1.807) is 0 Å². The van der Waals surface area contributed by atoms with Gasteiger partial charge in [-0.05, 0) is 31.0 Å². The Hall–Kier alpha value is -0.670. The first kappa shape index (κ1) is 13.8. The maximum Gasteiger partial charge on any atom is 0.0366 e. The van der Waals surface area contributed by atoms with E-state index in [-0.39, 0.29) is 6.04 Å². The van der Waals surface area contributed by atoms with E-state index in [4.69, 9.17) is 5.73 Å². The predicted molar refractivity (Wildman–Crippen MR) is 82.4 cm³/mol. The lowest BCUT2D eigenvalue weighted by Crippen LogP contribution is -2.26. The van der Waals surface area contributed by atoms with Crippen LogP contribution in [0.2, 0.25) is 0 Å². The molecule has 1 atom stereocenters. The fraction of sp³-hybridized carbons (Fsp3) is 0.600. The van der Waals surface area contributed by atoms with Crippen molar-refractivity contribution in [2.24, 2.45) is 5.73 Å². The van der Waals surface area contributed by atoms with Gasteiger partial charge in [-0.1, -0.05) is 26.0 Å². The Morgan fingerprint density at radius 1 is 1.22 bits per heavy atom. The third-order valence-electron chi connectivity index (χ3n) is 3.62. The van der Waals surface area contributed by atoms with Crippen molar-refractivity contribution in [1.29, 1.82) is 0 Å². The van der Waals surface area contributed by atoms with E-state index in [1.807, 2.05) is 6.92 Å². The van der Waals surface area contributed by atoms with Crippen LogP contribution in [-0.2, 0) is 0 Å². The maximum atomic E-state index is 5.89. The Morgan fingerprint density at radius 2 is 1.89 bits per heavy atom. The lowest BCUT2D eigenvalue weighted by molar-refractivity contribution is 0.637. The summed E-state index contributed by atoms with van der Waals surface area (Å²) in [6, 6.07) is 8.85. The Morgan fingerprint density at radius 3 is 2.50 bits per heavy atom. The van der Waals surface area contributed by atoms with Crippen LogP contribution in [0.4, 0.5) is 5.69 Å². The third-order valence-corrected chi connectivity index (χ3v) is 4.99. The largest absolute Gasteiger partial charge is 0.371 e. The fourth-order valence-electron chi connectivity index (χ4n) is 2.27. The first-order valence-electron chi connectivity index (χ1n) is 6.72. The van der Waals surface area contributed by atoms with Gasteiger partial charge in [0.1, 0.15) is 0 Å². The van der Waals surface area contributed by atoms with Crippen molar-refractivity contribution >= 4 is 17.4 Å². The highest BCUT2D eigenvalue weighted by Crippen LogP contribution is 2.32. The van der Waals surface area contributed by atoms with Crippen molar-refractivity contribution < 1.29 is 0 Å². The summed E-state index contributed by atoms with van der Waals surface area (Å²) in [6.45, 7) is 9.02. The monoisotopic (exact) mass is 264 g/mol. The van der Waals surface area contributed by atoms with Crippen molar-refractivity contribution in [2.45, 2.75) is 38.0 Å². The molecule has 0 amide bonds. The van der Waals surface area contributed by atoms with Crippen LogP contribution in [0.3, 0.4) is 0 Å². The molecule has 2 nitrogen and oxygen atoms in total.